The summed E-state index contributed by atoms with van der Waals surface area (Å²) in [6, 6.07) is 0.686. The molecule has 1 aromatic rings. The van der Waals surface area contributed by atoms with Crippen LogP contribution < -0.4 is 0 Å². The molecule has 0 bridgehead atoms. The highest BCUT2D eigenvalue weighted by Gasteiger charge is 2.23. The number of rotatable bonds is 4. The highest BCUT2D eigenvalue weighted by molar-refractivity contribution is 6.30. The first kappa shape index (κ1) is 13.8. The molecular weight excluding hydrogens is 248 g/mol. The zero-order valence-electron chi connectivity index (χ0n) is 11.8. The quantitative estimate of drug-likeness (QED) is 0.835. The lowest BCUT2D eigenvalue weighted by molar-refractivity contribution is 0.215. The number of hydrogen-bond acceptors (Lipinski definition) is 3. The fourth-order valence-corrected chi connectivity index (χ4v) is 2.99. The first-order chi connectivity index (χ1) is 8.49. The van der Waals surface area contributed by atoms with Gasteiger partial charge in [0.2, 0.25) is 0 Å². The van der Waals surface area contributed by atoms with Crippen LogP contribution in [-0.4, -0.2) is 52.8 Å². The molecule has 0 spiro atoms. The summed E-state index contributed by atoms with van der Waals surface area (Å²) in [5.41, 5.74) is 2.19. The van der Waals surface area contributed by atoms with Crippen molar-refractivity contribution < 1.29 is 0 Å². The van der Waals surface area contributed by atoms with E-state index in [9.17, 15) is 0 Å². The monoisotopic (exact) mass is 270 g/mol. The molecule has 0 N–H and O–H groups in total. The van der Waals surface area contributed by atoms with Crippen LogP contribution >= 0.6 is 11.6 Å². The van der Waals surface area contributed by atoms with Crippen LogP contribution in [0.4, 0.5) is 0 Å². The normalized spacial score (nSPS) is 21.1. The van der Waals surface area contributed by atoms with Gasteiger partial charge >= 0.3 is 0 Å². The molecule has 0 radical (unpaired) electrons. The van der Waals surface area contributed by atoms with E-state index in [4.69, 9.17) is 11.6 Å². The fourth-order valence-electron chi connectivity index (χ4n) is 2.76. The van der Waals surface area contributed by atoms with Gasteiger partial charge in [0.1, 0.15) is 5.15 Å². The number of aryl methyl sites for hydroxylation is 2. The number of halogens is 1. The van der Waals surface area contributed by atoms with E-state index in [1.165, 1.54) is 19.4 Å². The summed E-state index contributed by atoms with van der Waals surface area (Å²) in [5, 5.41) is 5.12. The maximum absolute atomic E-state index is 6.27. The number of likely N-dealkylation sites (N-methyl/N-ethyl adjacent to an activating group) is 2. The van der Waals surface area contributed by atoms with Gasteiger partial charge in [-0.3, -0.25) is 4.68 Å². The van der Waals surface area contributed by atoms with Crippen LogP contribution in [0.3, 0.4) is 0 Å². The van der Waals surface area contributed by atoms with Gasteiger partial charge in [-0.25, -0.2) is 0 Å². The molecule has 0 saturated carbocycles. The third-order valence-electron chi connectivity index (χ3n) is 3.89. The summed E-state index contributed by atoms with van der Waals surface area (Å²) in [6.07, 6.45) is 2.63. The highest BCUT2D eigenvalue weighted by Crippen LogP contribution is 2.21. The van der Waals surface area contributed by atoms with Crippen LogP contribution in [0.2, 0.25) is 5.15 Å². The summed E-state index contributed by atoms with van der Waals surface area (Å²) in [4.78, 5) is 4.80. The molecule has 1 aliphatic heterocycles. The Balaban J connectivity index is 1.96. The second-order valence-corrected chi connectivity index (χ2v) is 5.81. The Kier molecular flexibility index (Phi) is 4.30. The van der Waals surface area contributed by atoms with E-state index in [1.807, 2.05) is 14.0 Å². The van der Waals surface area contributed by atoms with Crippen LogP contribution in [-0.2, 0) is 13.6 Å². The zero-order chi connectivity index (χ0) is 13.3. The predicted molar refractivity (Wildman–Crippen MR) is 74.9 cm³/mol. The SMILES string of the molecule is Cc1nn(C)c(Cl)c1CN(C)CC1CCCN1C. The lowest BCUT2D eigenvalue weighted by Gasteiger charge is -2.25. The van der Waals surface area contributed by atoms with Crippen molar-refractivity contribution in [3.8, 4) is 0 Å². The van der Waals surface area contributed by atoms with Gasteiger partial charge in [0.15, 0.2) is 0 Å². The van der Waals surface area contributed by atoms with Crippen LogP contribution in [0.25, 0.3) is 0 Å². The summed E-state index contributed by atoms with van der Waals surface area (Å²) >= 11 is 6.27. The van der Waals surface area contributed by atoms with Crippen LogP contribution in [0.15, 0.2) is 0 Å². The lowest BCUT2D eigenvalue weighted by Crippen LogP contribution is -2.36. The Morgan fingerprint density at radius 1 is 1.44 bits per heavy atom. The minimum Gasteiger partial charge on any atom is -0.302 e. The van der Waals surface area contributed by atoms with Gasteiger partial charge in [-0.2, -0.15) is 5.10 Å². The molecule has 18 heavy (non-hydrogen) atoms. The van der Waals surface area contributed by atoms with Gasteiger partial charge in [0.05, 0.1) is 5.69 Å². The maximum atomic E-state index is 6.27. The predicted octanol–water partition coefficient (Wildman–Crippen LogP) is 1.91. The van der Waals surface area contributed by atoms with Crippen molar-refractivity contribution in [2.24, 2.45) is 7.05 Å². The largest absolute Gasteiger partial charge is 0.302 e. The Bertz CT molecular complexity index is 415. The molecule has 0 aliphatic carbocycles. The van der Waals surface area contributed by atoms with Crippen molar-refractivity contribution in [3.63, 3.8) is 0 Å². The molecule has 0 amide bonds. The van der Waals surface area contributed by atoms with Gasteiger partial charge in [0, 0.05) is 31.7 Å². The van der Waals surface area contributed by atoms with Crippen molar-refractivity contribution in [2.75, 3.05) is 27.2 Å². The van der Waals surface area contributed by atoms with Gasteiger partial charge in [-0.05, 0) is 40.4 Å². The molecule has 2 rings (SSSR count). The van der Waals surface area contributed by atoms with E-state index >= 15 is 0 Å². The topological polar surface area (TPSA) is 24.3 Å². The summed E-state index contributed by atoms with van der Waals surface area (Å²) in [7, 11) is 6.27. The first-order valence-corrected chi connectivity index (χ1v) is 6.93. The molecule has 1 fully saturated rings. The summed E-state index contributed by atoms with van der Waals surface area (Å²) < 4.78 is 1.75. The van der Waals surface area contributed by atoms with Crippen molar-refractivity contribution in [3.05, 3.63) is 16.4 Å². The molecule has 1 aromatic heterocycles. The number of nitrogens with zero attached hydrogens (tertiary/aromatic N) is 4. The molecule has 0 aromatic carbocycles. The van der Waals surface area contributed by atoms with E-state index in [0.717, 1.165) is 29.5 Å². The average molecular weight is 271 g/mol. The van der Waals surface area contributed by atoms with Gasteiger partial charge < -0.3 is 9.80 Å². The number of aromatic nitrogens is 2. The molecule has 4 nitrogen and oxygen atoms in total. The van der Waals surface area contributed by atoms with Crippen molar-refractivity contribution >= 4 is 11.6 Å². The number of likely N-dealkylation sites (tertiary alicyclic amines) is 1. The van der Waals surface area contributed by atoms with Gasteiger partial charge in [-0.15, -0.1) is 0 Å². The Morgan fingerprint density at radius 2 is 2.17 bits per heavy atom. The molecule has 1 unspecified atom stereocenters. The van der Waals surface area contributed by atoms with Gasteiger partial charge in [-0.1, -0.05) is 11.6 Å². The second kappa shape index (κ2) is 5.59. The van der Waals surface area contributed by atoms with Crippen molar-refractivity contribution in [1.82, 2.24) is 19.6 Å². The van der Waals surface area contributed by atoms with E-state index < -0.39 is 0 Å². The highest BCUT2D eigenvalue weighted by atomic mass is 35.5. The Morgan fingerprint density at radius 3 is 2.67 bits per heavy atom. The van der Waals surface area contributed by atoms with Crippen molar-refractivity contribution in [2.45, 2.75) is 32.4 Å². The Hall–Kier alpha value is -0.580. The third kappa shape index (κ3) is 2.87. The molecular formula is C13H23ClN4. The number of hydrogen-bond donors (Lipinski definition) is 0. The van der Waals surface area contributed by atoms with E-state index in [0.29, 0.717) is 6.04 Å². The van der Waals surface area contributed by atoms with E-state index in [1.54, 1.807) is 4.68 Å². The second-order valence-electron chi connectivity index (χ2n) is 5.45. The molecule has 1 saturated heterocycles. The standard InChI is InChI=1S/C13H23ClN4/c1-10-12(13(14)18(4)15-10)9-16(2)8-11-6-5-7-17(11)3/h11H,5-9H2,1-4H3. The summed E-state index contributed by atoms with van der Waals surface area (Å²) in [5.74, 6) is 0. The van der Waals surface area contributed by atoms with Crippen molar-refractivity contribution in [1.29, 1.82) is 0 Å². The minimum absolute atomic E-state index is 0.686. The van der Waals surface area contributed by atoms with E-state index in [-0.39, 0.29) is 0 Å². The lowest BCUT2D eigenvalue weighted by atomic mass is 10.2. The maximum Gasteiger partial charge on any atom is 0.131 e. The van der Waals surface area contributed by atoms with Crippen LogP contribution in [0.1, 0.15) is 24.1 Å². The van der Waals surface area contributed by atoms with E-state index in [2.05, 4.69) is 29.0 Å². The average Bonchev–Trinajstić information content (AvgIpc) is 2.79. The minimum atomic E-state index is 0.686. The molecule has 1 aliphatic rings. The zero-order valence-corrected chi connectivity index (χ0v) is 12.5. The fraction of sp³-hybridized carbons (Fsp3) is 0.769. The van der Waals surface area contributed by atoms with Crippen LogP contribution in [0.5, 0.6) is 0 Å². The molecule has 5 heteroatoms. The van der Waals surface area contributed by atoms with Gasteiger partial charge in [0.25, 0.3) is 0 Å². The molecule has 1 atom stereocenters. The summed E-state index contributed by atoms with van der Waals surface area (Å²) in [6.45, 7) is 5.23. The Labute approximate surface area is 115 Å². The van der Waals surface area contributed by atoms with Crippen LogP contribution in [0, 0.1) is 6.92 Å². The first-order valence-electron chi connectivity index (χ1n) is 6.55. The molecule has 2 heterocycles. The molecule has 102 valence electrons. The smallest absolute Gasteiger partial charge is 0.131 e. The third-order valence-corrected chi connectivity index (χ3v) is 4.36.